The average Bonchev–Trinajstić information content (AvgIpc) is 2.17. The van der Waals surface area contributed by atoms with Gasteiger partial charge in [-0.25, -0.2) is 0 Å². The molecule has 1 aliphatic rings. The Morgan fingerprint density at radius 2 is 1.83 bits per heavy atom. The van der Waals surface area contributed by atoms with Gasteiger partial charge in [-0.05, 0) is 57.8 Å². The van der Waals surface area contributed by atoms with Gasteiger partial charge in [0.1, 0.15) is 0 Å². The number of nitrogens with one attached hydrogen (secondary N) is 1. The zero-order chi connectivity index (χ0) is 13.6. The molecule has 108 valence electrons. The van der Waals surface area contributed by atoms with E-state index in [4.69, 9.17) is 4.74 Å². The molecule has 1 rings (SSSR count). The molecule has 0 spiro atoms. The summed E-state index contributed by atoms with van der Waals surface area (Å²) in [5.74, 6) is 0.755. The van der Waals surface area contributed by atoms with Crippen LogP contribution in [0.2, 0.25) is 0 Å². The van der Waals surface area contributed by atoms with Crippen molar-refractivity contribution in [2.24, 2.45) is 11.3 Å². The second-order valence-electron chi connectivity index (χ2n) is 7.50. The Labute approximate surface area is 114 Å². The quantitative estimate of drug-likeness (QED) is 0.662. The smallest absolute Gasteiger partial charge is 0.0471 e. The number of ether oxygens (including phenoxy) is 1. The topological polar surface area (TPSA) is 21.3 Å². The normalized spacial score (nSPS) is 19.0. The van der Waals surface area contributed by atoms with Crippen molar-refractivity contribution in [3.8, 4) is 0 Å². The second-order valence-corrected chi connectivity index (χ2v) is 7.50. The zero-order valence-electron chi connectivity index (χ0n) is 13.1. The van der Waals surface area contributed by atoms with Crippen LogP contribution in [0.3, 0.4) is 0 Å². The Morgan fingerprint density at radius 1 is 1.17 bits per heavy atom. The molecule has 0 radical (unpaired) electrons. The highest BCUT2D eigenvalue weighted by Gasteiger charge is 2.36. The second kappa shape index (κ2) is 6.91. The number of hydrogen-bond donors (Lipinski definition) is 1. The van der Waals surface area contributed by atoms with E-state index in [1.807, 2.05) is 0 Å². The summed E-state index contributed by atoms with van der Waals surface area (Å²) in [6, 6.07) is 0. The molecule has 0 aromatic rings. The Balaban J connectivity index is 2.16. The van der Waals surface area contributed by atoms with Crippen molar-refractivity contribution in [2.45, 2.75) is 72.3 Å². The van der Waals surface area contributed by atoms with E-state index < -0.39 is 0 Å². The number of hydrogen-bond acceptors (Lipinski definition) is 2. The summed E-state index contributed by atoms with van der Waals surface area (Å²) in [5, 5.41) is 3.67. The SMILES string of the molecule is CC(C)CCOCCC1(CNC(C)(C)C)CCC1. The molecular weight excluding hydrogens is 222 g/mol. The van der Waals surface area contributed by atoms with E-state index in [0.717, 1.165) is 25.7 Å². The third-order valence-corrected chi connectivity index (χ3v) is 4.02. The van der Waals surface area contributed by atoms with E-state index in [1.54, 1.807) is 0 Å². The molecule has 1 fully saturated rings. The lowest BCUT2D eigenvalue weighted by atomic mass is 9.66. The van der Waals surface area contributed by atoms with Crippen molar-refractivity contribution in [3.63, 3.8) is 0 Å². The lowest BCUT2D eigenvalue weighted by molar-refractivity contribution is 0.0420. The van der Waals surface area contributed by atoms with Crippen LogP contribution in [0, 0.1) is 11.3 Å². The summed E-state index contributed by atoms with van der Waals surface area (Å²) in [7, 11) is 0. The van der Waals surface area contributed by atoms with Crippen LogP contribution in [0.15, 0.2) is 0 Å². The van der Waals surface area contributed by atoms with Gasteiger partial charge in [-0.1, -0.05) is 20.3 Å². The summed E-state index contributed by atoms with van der Waals surface area (Å²) in [4.78, 5) is 0. The predicted molar refractivity (Wildman–Crippen MR) is 78.9 cm³/mol. The Bertz CT molecular complexity index is 226. The minimum atomic E-state index is 0.237. The summed E-state index contributed by atoms with van der Waals surface area (Å²) < 4.78 is 5.78. The highest BCUT2D eigenvalue weighted by molar-refractivity contribution is 4.91. The van der Waals surface area contributed by atoms with Gasteiger partial charge in [-0.15, -0.1) is 0 Å². The average molecular weight is 255 g/mol. The van der Waals surface area contributed by atoms with Crippen LogP contribution in [0.1, 0.15) is 66.7 Å². The Morgan fingerprint density at radius 3 is 2.28 bits per heavy atom. The van der Waals surface area contributed by atoms with Crippen molar-refractivity contribution in [2.75, 3.05) is 19.8 Å². The highest BCUT2D eigenvalue weighted by Crippen LogP contribution is 2.43. The van der Waals surface area contributed by atoms with Gasteiger partial charge in [0, 0.05) is 25.3 Å². The fourth-order valence-electron chi connectivity index (χ4n) is 2.35. The summed E-state index contributed by atoms with van der Waals surface area (Å²) in [5.41, 5.74) is 0.770. The largest absolute Gasteiger partial charge is 0.381 e. The molecule has 0 saturated heterocycles. The first-order valence-electron chi connectivity index (χ1n) is 7.66. The minimum absolute atomic E-state index is 0.237. The third kappa shape index (κ3) is 6.19. The molecule has 0 aromatic carbocycles. The summed E-state index contributed by atoms with van der Waals surface area (Å²) >= 11 is 0. The van der Waals surface area contributed by atoms with Crippen LogP contribution in [0.4, 0.5) is 0 Å². The first-order valence-corrected chi connectivity index (χ1v) is 7.66. The third-order valence-electron chi connectivity index (χ3n) is 4.02. The highest BCUT2D eigenvalue weighted by atomic mass is 16.5. The zero-order valence-corrected chi connectivity index (χ0v) is 13.1. The lowest BCUT2D eigenvalue weighted by Gasteiger charge is -2.44. The fraction of sp³-hybridized carbons (Fsp3) is 1.00. The first-order chi connectivity index (χ1) is 8.33. The van der Waals surface area contributed by atoms with Crippen molar-refractivity contribution < 1.29 is 4.74 Å². The van der Waals surface area contributed by atoms with Crippen LogP contribution < -0.4 is 5.32 Å². The Kier molecular flexibility index (Phi) is 6.13. The molecule has 2 heteroatoms. The van der Waals surface area contributed by atoms with Gasteiger partial charge in [-0.3, -0.25) is 0 Å². The molecule has 0 aromatic heterocycles. The van der Waals surface area contributed by atoms with Crippen molar-refractivity contribution in [1.82, 2.24) is 5.32 Å². The standard InChI is InChI=1S/C16H33NO/c1-14(2)7-11-18-12-10-16(8-6-9-16)13-17-15(3,4)5/h14,17H,6-13H2,1-5H3. The molecule has 0 aliphatic heterocycles. The van der Waals surface area contributed by atoms with Crippen LogP contribution in [-0.2, 0) is 4.74 Å². The molecule has 0 unspecified atom stereocenters. The van der Waals surface area contributed by atoms with Gasteiger partial charge in [0.2, 0.25) is 0 Å². The van der Waals surface area contributed by atoms with Crippen molar-refractivity contribution in [1.29, 1.82) is 0 Å². The van der Waals surface area contributed by atoms with E-state index in [-0.39, 0.29) is 5.54 Å². The van der Waals surface area contributed by atoms with Crippen LogP contribution in [0.5, 0.6) is 0 Å². The van der Waals surface area contributed by atoms with Crippen molar-refractivity contribution >= 4 is 0 Å². The Hall–Kier alpha value is -0.0800. The molecule has 1 saturated carbocycles. The van der Waals surface area contributed by atoms with Gasteiger partial charge in [0.15, 0.2) is 0 Å². The van der Waals surface area contributed by atoms with E-state index >= 15 is 0 Å². The predicted octanol–water partition coefficient (Wildman–Crippen LogP) is 4.00. The molecule has 0 bridgehead atoms. The molecule has 1 N–H and O–H groups in total. The van der Waals surface area contributed by atoms with E-state index in [0.29, 0.717) is 5.41 Å². The van der Waals surface area contributed by atoms with E-state index in [1.165, 1.54) is 32.1 Å². The van der Waals surface area contributed by atoms with E-state index in [9.17, 15) is 0 Å². The molecular formula is C16H33NO. The van der Waals surface area contributed by atoms with E-state index in [2.05, 4.69) is 39.9 Å². The van der Waals surface area contributed by atoms with Gasteiger partial charge < -0.3 is 10.1 Å². The number of rotatable bonds is 8. The maximum atomic E-state index is 5.78. The molecule has 0 heterocycles. The molecule has 2 nitrogen and oxygen atoms in total. The van der Waals surface area contributed by atoms with Crippen LogP contribution >= 0.6 is 0 Å². The lowest BCUT2D eigenvalue weighted by Crippen LogP contribution is -2.47. The summed E-state index contributed by atoms with van der Waals surface area (Å²) in [6.45, 7) is 14.3. The van der Waals surface area contributed by atoms with Crippen molar-refractivity contribution in [3.05, 3.63) is 0 Å². The maximum absolute atomic E-state index is 5.78. The maximum Gasteiger partial charge on any atom is 0.0471 e. The molecule has 18 heavy (non-hydrogen) atoms. The monoisotopic (exact) mass is 255 g/mol. The fourth-order valence-corrected chi connectivity index (χ4v) is 2.35. The van der Waals surface area contributed by atoms with Gasteiger partial charge in [-0.2, -0.15) is 0 Å². The molecule has 0 atom stereocenters. The van der Waals surface area contributed by atoms with Crippen LogP contribution in [0.25, 0.3) is 0 Å². The minimum Gasteiger partial charge on any atom is -0.381 e. The van der Waals surface area contributed by atoms with Crippen LogP contribution in [-0.4, -0.2) is 25.3 Å². The van der Waals surface area contributed by atoms with Gasteiger partial charge >= 0.3 is 0 Å². The summed E-state index contributed by atoms with van der Waals surface area (Å²) in [6.07, 6.45) is 6.58. The molecule has 1 aliphatic carbocycles. The molecule has 0 amide bonds. The van der Waals surface area contributed by atoms with Gasteiger partial charge in [0.25, 0.3) is 0 Å². The first kappa shape index (κ1) is 16.0. The van der Waals surface area contributed by atoms with Gasteiger partial charge in [0.05, 0.1) is 0 Å².